The summed E-state index contributed by atoms with van der Waals surface area (Å²) in [6.45, 7) is 0.505. The van der Waals surface area contributed by atoms with Crippen LogP contribution in [-0.4, -0.2) is 32.6 Å². The molecule has 0 aliphatic carbocycles. The zero-order chi connectivity index (χ0) is 13.8. The molecule has 1 aliphatic heterocycles. The van der Waals surface area contributed by atoms with Crippen molar-refractivity contribution in [3.63, 3.8) is 0 Å². The van der Waals surface area contributed by atoms with Crippen LogP contribution < -0.4 is 10.1 Å². The minimum atomic E-state index is -0.702. The average Bonchev–Trinajstić information content (AvgIpc) is 2.80. The smallest absolute Gasteiger partial charge is 0.318 e. The molecule has 0 bridgehead atoms. The van der Waals surface area contributed by atoms with Crippen LogP contribution in [0.2, 0.25) is 0 Å². The van der Waals surface area contributed by atoms with Gasteiger partial charge < -0.3 is 14.8 Å². The van der Waals surface area contributed by atoms with Gasteiger partial charge in [-0.1, -0.05) is 12.1 Å². The fourth-order valence-corrected chi connectivity index (χ4v) is 2.35. The summed E-state index contributed by atoms with van der Waals surface area (Å²) in [6.07, 6.45) is 0.655. The number of hydrogen-bond donors (Lipinski definition) is 1. The van der Waals surface area contributed by atoms with E-state index in [9.17, 15) is 9.59 Å². The standard InChI is InChI=1S/C14H17NO4/c1-18-11-5-3-9(4-6-11)7-10-8-15-13(16)12(10)14(17)19-2/h3-6,10,12H,7-8H2,1-2H3,(H,15,16)/t10-,12+/m0/s1. The van der Waals surface area contributed by atoms with E-state index >= 15 is 0 Å². The van der Waals surface area contributed by atoms with Crippen LogP contribution in [0.4, 0.5) is 0 Å². The van der Waals surface area contributed by atoms with Crippen molar-refractivity contribution in [2.45, 2.75) is 6.42 Å². The van der Waals surface area contributed by atoms with E-state index in [1.165, 1.54) is 7.11 Å². The third-order valence-corrected chi connectivity index (χ3v) is 3.40. The van der Waals surface area contributed by atoms with Crippen molar-refractivity contribution >= 4 is 11.9 Å². The number of rotatable bonds is 4. The molecule has 2 rings (SSSR count). The van der Waals surface area contributed by atoms with Gasteiger partial charge in [-0.3, -0.25) is 9.59 Å². The van der Waals surface area contributed by atoms with E-state index in [2.05, 4.69) is 10.1 Å². The van der Waals surface area contributed by atoms with Crippen LogP contribution in [0.25, 0.3) is 0 Å². The number of esters is 1. The second-order valence-electron chi connectivity index (χ2n) is 4.56. The first-order valence-corrected chi connectivity index (χ1v) is 6.14. The molecule has 1 aromatic carbocycles. The average molecular weight is 263 g/mol. The summed E-state index contributed by atoms with van der Waals surface area (Å²) in [6, 6.07) is 7.62. The zero-order valence-electron chi connectivity index (χ0n) is 11.0. The summed E-state index contributed by atoms with van der Waals surface area (Å²) in [5.41, 5.74) is 1.07. The normalized spacial score (nSPS) is 21.9. The first kappa shape index (κ1) is 13.4. The summed E-state index contributed by atoms with van der Waals surface area (Å²) in [7, 11) is 2.92. The van der Waals surface area contributed by atoms with Crippen LogP contribution in [-0.2, 0) is 20.7 Å². The van der Waals surface area contributed by atoms with Gasteiger partial charge in [0.05, 0.1) is 14.2 Å². The number of hydrogen-bond acceptors (Lipinski definition) is 4. The Kier molecular flexibility index (Phi) is 4.04. The summed E-state index contributed by atoms with van der Waals surface area (Å²) >= 11 is 0. The van der Waals surface area contributed by atoms with E-state index in [0.717, 1.165) is 11.3 Å². The predicted molar refractivity (Wildman–Crippen MR) is 68.7 cm³/mol. The molecule has 1 saturated heterocycles. The summed E-state index contributed by atoms with van der Waals surface area (Å²) in [5, 5.41) is 2.71. The lowest BCUT2D eigenvalue weighted by Crippen LogP contribution is -2.29. The first-order valence-electron chi connectivity index (χ1n) is 6.14. The highest BCUT2D eigenvalue weighted by Crippen LogP contribution is 2.24. The van der Waals surface area contributed by atoms with Crippen LogP contribution in [0, 0.1) is 11.8 Å². The van der Waals surface area contributed by atoms with Crippen LogP contribution in [0.15, 0.2) is 24.3 Å². The minimum absolute atomic E-state index is 0.0617. The van der Waals surface area contributed by atoms with Gasteiger partial charge in [0.25, 0.3) is 0 Å². The maximum absolute atomic E-state index is 11.6. The largest absolute Gasteiger partial charge is 0.497 e. The number of carbonyl (C=O) groups is 2. The lowest BCUT2D eigenvalue weighted by molar-refractivity contribution is -0.149. The zero-order valence-corrected chi connectivity index (χ0v) is 11.0. The molecule has 1 aliphatic rings. The van der Waals surface area contributed by atoms with E-state index in [1.54, 1.807) is 7.11 Å². The second kappa shape index (κ2) is 5.73. The van der Waals surface area contributed by atoms with Gasteiger partial charge in [0.15, 0.2) is 0 Å². The molecular formula is C14H17NO4. The number of methoxy groups -OCH3 is 2. The third kappa shape index (κ3) is 2.86. The molecule has 0 saturated carbocycles. The van der Waals surface area contributed by atoms with Crippen LogP contribution in [0.1, 0.15) is 5.56 Å². The Bertz CT molecular complexity index is 469. The molecule has 0 aromatic heterocycles. The molecule has 0 unspecified atom stereocenters. The molecule has 1 fully saturated rings. The molecule has 0 spiro atoms. The van der Waals surface area contributed by atoms with E-state index in [-0.39, 0.29) is 11.8 Å². The number of amides is 1. The Morgan fingerprint density at radius 1 is 1.32 bits per heavy atom. The first-order chi connectivity index (χ1) is 9.15. The van der Waals surface area contributed by atoms with E-state index in [4.69, 9.17) is 4.74 Å². The molecule has 1 aromatic rings. The summed E-state index contributed by atoms with van der Waals surface area (Å²) in [4.78, 5) is 23.3. The topological polar surface area (TPSA) is 64.6 Å². The lowest BCUT2D eigenvalue weighted by atomic mass is 9.89. The molecule has 1 N–H and O–H groups in total. The lowest BCUT2D eigenvalue weighted by Gasteiger charge is -2.14. The Morgan fingerprint density at radius 3 is 2.58 bits per heavy atom. The van der Waals surface area contributed by atoms with Gasteiger partial charge in [0.2, 0.25) is 5.91 Å². The van der Waals surface area contributed by atoms with Crippen molar-refractivity contribution in [2.75, 3.05) is 20.8 Å². The highest BCUT2D eigenvalue weighted by Gasteiger charge is 2.40. The van der Waals surface area contributed by atoms with Crippen molar-refractivity contribution in [2.24, 2.45) is 11.8 Å². The van der Waals surface area contributed by atoms with Crippen LogP contribution in [0.5, 0.6) is 5.75 Å². The van der Waals surface area contributed by atoms with Crippen molar-refractivity contribution in [3.05, 3.63) is 29.8 Å². The van der Waals surface area contributed by atoms with Crippen molar-refractivity contribution in [1.82, 2.24) is 5.32 Å². The SMILES string of the molecule is COC(=O)[C@H]1C(=O)NC[C@@H]1Cc1ccc(OC)cc1. The van der Waals surface area contributed by atoms with Gasteiger partial charge >= 0.3 is 5.97 Å². The Hall–Kier alpha value is -2.04. The maximum Gasteiger partial charge on any atom is 0.318 e. The highest BCUT2D eigenvalue weighted by atomic mass is 16.5. The quantitative estimate of drug-likeness (QED) is 0.644. The van der Waals surface area contributed by atoms with Gasteiger partial charge in [-0.2, -0.15) is 0 Å². The molecule has 5 heteroatoms. The minimum Gasteiger partial charge on any atom is -0.497 e. The van der Waals surface area contributed by atoms with Crippen molar-refractivity contribution < 1.29 is 19.1 Å². The molecule has 1 amide bonds. The molecule has 0 radical (unpaired) electrons. The molecule has 19 heavy (non-hydrogen) atoms. The van der Waals surface area contributed by atoms with Crippen molar-refractivity contribution in [1.29, 1.82) is 0 Å². The van der Waals surface area contributed by atoms with Gasteiger partial charge in [0.1, 0.15) is 11.7 Å². The monoisotopic (exact) mass is 263 g/mol. The van der Waals surface area contributed by atoms with Gasteiger partial charge in [-0.15, -0.1) is 0 Å². The van der Waals surface area contributed by atoms with E-state index < -0.39 is 11.9 Å². The molecular weight excluding hydrogens is 246 g/mol. The third-order valence-electron chi connectivity index (χ3n) is 3.40. The van der Waals surface area contributed by atoms with E-state index in [1.807, 2.05) is 24.3 Å². The molecule has 1 heterocycles. The number of nitrogens with one attached hydrogen (secondary N) is 1. The number of benzene rings is 1. The molecule has 102 valence electrons. The van der Waals surface area contributed by atoms with E-state index in [0.29, 0.717) is 13.0 Å². The fraction of sp³-hybridized carbons (Fsp3) is 0.429. The number of ether oxygens (including phenoxy) is 2. The summed E-state index contributed by atoms with van der Waals surface area (Å²) in [5.74, 6) is -0.687. The van der Waals surface area contributed by atoms with Gasteiger partial charge in [-0.25, -0.2) is 0 Å². The fourth-order valence-electron chi connectivity index (χ4n) is 2.35. The highest BCUT2D eigenvalue weighted by molar-refractivity contribution is 5.99. The Balaban J connectivity index is 2.08. The Morgan fingerprint density at radius 2 is 2.00 bits per heavy atom. The maximum atomic E-state index is 11.6. The van der Waals surface area contributed by atoms with Gasteiger partial charge in [-0.05, 0) is 24.1 Å². The molecule has 5 nitrogen and oxygen atoms in total. The van der Waals surface area contributed by atoms with Crippen molar-refractivity contribution in [3.8, 4) is 5.75 Å². The van der Waals surface area contributed by atoms with Crippen LogP contribution >= 0.6 is 0 Å². The molecule has 2 atom stereocenters. The van der Waals surface area contributed by atoms with Crippen LogP contribution in [0.3, 0.4) is 0 Å². The second-order valence-corrected chi connectivity index (χ2v) is 4.56. The predicted octanol–water partition coefficient (Wildman–Crippen LogP) is 0.773. The number of carbonyl (C=O) groups excluding carboxylic acids is 2. The van der Waals surface area contributed by atoms with Gasteiger partial charge in [0, 0.05) is 12.5 Å². The Labute approximate surface area is 111 Å². The summed E-state index contributed by atoms with van der Waals surface area (Å²) < 4.78 is 9.78.